The van der Waals surface area contributed by atoms with E-state index < -0.39 is 24.6 Å². The van der Waals surface area contributed by atoms with Crippen LogP contribution < -0.4 is 0 Å². The van der Waals surface area contributed by atoms with Crippen molar-refractivity contribution >= 4 is 0 Å². The molecule has 1 rings (SSSR count). The standard InChI is InChI=1S/C11H10F3/c1-2-6-11(13,14)8-9-4-3-5-10(12)7-9/h1-5,7H,6,8H2. The second-order valence-corrected chi connectivity index (χ2v) is 3.10. The maximum absolute atomic E-state index is 13.0. The number of halogens is 3. The molecule has 0 aliphatic carbocycles. The summed E-state index contributed by atoms with van der Waals surface area (Å²) in [5.41, 5.74) is 0.275. The Morgan fingerprint density at radius 2 is 2.07 bits per heavy atom. The molecule has 0 fully saturated rings. The van der Waals surface area contributed by atoms with Crippen molar-refractivity contribution in [2.24, 2.45) is 0 Å². The van der Waals surface area contributed by atoms with Gasteiger partial charge in [0.1, 0.15) is 5.82 Å². The third kappa shape index (κ3) is 3.24. The maximum Gasteiger partial charge on any atom is 0.255 e. The smallest absolute Gasteiger partial charge is 0.207 e. The van der Waals surface area contributed by atoms with Crippen LogP contribution >= 0.6 is 0 Å². The van der Waals surface area contributed by atoms with Crippen LogP contribution in [0.2, 0.25) is 0 Å². The van der Waals surface area contributed by atoms with E-state index in [-0.39, 0.29) is 5.56 Å². The summed E-state index contributed by atoms with van der Waals surface area (Å²) in [5, 5.41) is 0. The summed E-state index contributed by atoms with van der Waals surface area (Å²) < 4.78 is 38.7. The van der Waals surface area contributed by atoms with Crippen LogP contribution in [0.3, 0.4) is 0 Å². The van der Waals surface area contributed by atoms with Gasteiger partial charge in [0, 0.05) is 12.8 Å². The average molecular weight is 199 g/mol. The monoisotopic (exact) mass is 199 g/mol. The fourth-order valence-electron chi connectivity index (χ4n) is 1.19. The van der Waals surface area contributed by atoms with Gasteiger partial charge < -0.3 is 0 Å². The molecule has 0 aliphatic heterocycles. The van der Waals surface area contributed by atoms with E-state index in [0.717, 1.165) is 12.1 Å². The zero-order valence-corrected chi connectivity index (χ0v) is 7.51. The normalized spacial score (nSPS) is 11.4. The number of alkyl halides is 2. The first-order valence-electron chi connectivity index (χ1n) is 4.19. The minimum Gasteiger partial charge on any atom is -0.207 e. The molecular formula is C11H10F3. The summed E-state index contributed by atoms with van der Waals surface area (Å²) in [6.45, 7) is 4.92. The lowest BCUT2D eigenvalue weighted by Gasteiger charge is -2.13. The topological polar surface area (TPSA) is 0 Å². The van der Waals surface area contributed by atoms with Gasteiger partial charge in [-0.2, -0.15) is 0 Å². The summed E-state index contributed by atoms with van der Waals surface area (Å²) in [4.78, 5) is 0. The lowest BCUT2D eigenvalue weighted by atomic mass is 10.0. The molecule has 0 N–H and O–H groups in total. The molecular weight excluding hydrogens is 189 g/mol. The molecule has 75 valence electrons. The predicted molar refractivity (Wildman–Crippen MR) is 48.5 cm³/mol. The minimum atomic E-state index is -2.90. The van der Waals surface area contributed by atoms with Crippen LogP contribution in [0.5, 0.6) is 0 Å². The summed E-state index contributed by atoms with van der Waals surface area (Å²) in [7, 11) is 0. The Labute approximate surface area is 81.1 Å². The summed E-state index contributed by atoms with van der Waals surface area (Å²) in [5.74, 6) is -3.40. The zero-order chi connectivity index (χ0) is 10.6. The second-order valence-electron chi connectivity index (χ2n) is 3.10. The van der Waals surface area contributed by atoms with Gasteiger partial charge in [0.2, 0.25) is 0 Å². The van der Waals surface area contributed by atoms with Crippen LogP contribution in [0.15, 0.2) is 30.3 Å². The van der Waals surface area contributed by atoms with Gasteiger partial charge in [0.25, 0.3) is 5.92 Å². The maximum atomic E-state index is 13.0. The van der Waals surface area contributed by atoms with Gasteiger partial charge in [-0.05, 0) is 17.7 Å². The zero-order valence-electron chi connectivity index (χ0n) is 7.51. The van der Waals surface area contributed by atoms with E-state index >= 15 is 0 Å². The van der Waals surface area contributed by atoms with Gasteiger partial charge in [-0.25, -0.2) is 13.2 Å². The van der Waals surface area contributed by atoms with Gasteiger partial charge >= 0.3 is 0 Å². The van der Waals surface area contributed by atoms with Crippen LogP contribution in [-0.2, 0) is 6.42 Å². The van der Waals surface area contributed by atoms with Crippen molar-refractivity contribution in [2.45, 2.75) is 18.8 Å². The van der Waals surface area contributed by atoms with E-state index in [9.17, 15) is 13.2 Å². The third-order valence-electron chi connectivity index (χ3n) is 1.77. The Morgan fingerprint density at radius 3 is 2.64 bits per heavy atom. The van der Waals surface area contributed by atoms with Crippen LogP contribution in [0.25, 0.3) is 0 Å². The molecule has 0 saturated carbocycles. The molecule has 0 spiro atoms. The Bertz CT molecular complexity index is 318. The van der Waals surface area contributed by atoms with E-state index in [0.29, 0.717) is 0 Å². The van der Waals surface area contributed by atoms with Gasteiger partial charge in [-0.1, -0.05) is 24.8 Å². The van der Waals surface area contributed by atoms with Gasteiger partial charge in [-0.3, -0.25) is 0 Å². The number of rotatable bonds is 4. The van der Waals surface area contributed by atoms with E-state index in [1.165, 1.54) is 18.2 Å². The molecule has 0 aliphatic rings. The molecule has 0 nitrogen and oxygen atoms in total. The summed E-state index contributed by atoms with van der Waals surface area (Å²) >= 11 is 0. The Balaban J connectivity index is 2.72. The molecule has 0 bridgehead atoms. The predicted octanol–water partition coefficient (Wildman–Crippen LogP) is 3.38. The molecule has 1 radical (unpaired) electrons. The first-order valence-corrected chi connectivity index (χ1v) is 4.19. The van der Waals surface area contributed by atoms with Crippen molar-refractivity contribution in [3.8, 4) is 0 Å². The lowest BCUT2D eigenvalue weighted by molar-refractivity contribution is 0.00488. The molecule has 1 aromatic rings. The fraction of sp³-hybridized carbons (Fsp3) is 0.273. The van der Waals surface area contributed by atoms with Crippen molar-refractivity contribution in [1.82, 2.24) is 0 Å². The second kappa shape index (κ2) is 4.31. The van der Waals surface area contributed by atoms with Gasteiger partial charge in [0.15, 0.2) is 0 Å². The van der Waals surface area contributed by atoms with Crippen molar-refractivity contribution < 1.29 is 13.2 Å². The van der Waals surface area contributed by atoms with E-state index in [1.54, 1.807) is 0 Å². The molecule has 0 saturated heterocycles. The average Bonchev–Trinajstić information content (AvgIpc) is 2.02. The molecule has 0 atom stereocenters. The highest BCUT2D eigenvalue weighted by atomic mass is 19.3. The van der Waals surface area contributed by atoms with E-state index in [2.05, 4.69) is 0 Å². The first-order chi connectivity index (χ1) is 6.53. The highest BCUT2D eigenvalue weighted by Crippen LogP contribution is 2.24. The van der Waals surface area contributed by atoms with Crippen molar-refractivity contribution in [3.63, 3.8) is 0 Å². The molecule has 0 unspecified atom stereocenters. The number of hydrogen-bond acceptors (Lipinski definition) is 0. The number of allylic oxidation sites excluding steroid dienone is 1. The highest BCUT2D eigenvalue weighted by molar-refractivity contribution is 5.17. The van der Waals surface area contributed by atoms with Crippen LogP contribution in [0.1, 0.15) is 12.0 Å². The lowest BCUT2D eigenvalue weighted by Crippen LogP contribution is -2.18. The summed E-state index contributed by atoms with van der Waals surface area (Å²) in [6.07, 6.45) is -0.0682. The Morgan fingerprint density at radius 1 is 1.36 bits per heavy atom. The third-order valence-corrected chi connectivity index (χ3v) is 1.77. The number of hydrogen-bond donors (Lipinski definition) is 0. The highest BCUT2D eigenvalue weighted by Gasteiger charge is 2.27. The minimum absolute atomic E-state index is 0.275. The van der Waals surface area contributed by atoms with E-state index in [4.69, 9.17) is 6.58 Å². The SMILES string of the molecule is [CH]=CCC(F)(F)Cc1cccc(F)c1. The van der Waals surface area contributed by atoms with Crippen molar-refractivity contribution in [1.29, 1.82) is 0 Å². The molecule has 0 aromatic heterocycles. The fourth-order valence-corrected chi connectivity index (χ4v) is 1.19. The van der Waals surface area contributed by atoms with Crippen molar-refractivity contribution in [2.75, 3.05) is 0 Å². The molecule has 0 amide bonds. The molecule has 3 heteroatoms. The molecule has 0 heterocycles. The Kier molecular flexibility index (Phi) is 3.33. The van der Waals surface area contributed by atoms with Gasteiger partial charge in [-0.15, -0.1) is 0 Å². The quantitative estimate of drug-likeness (QED) is 0.697. The van der Waals surface area contributed by atoms with Crippen LogP contribution in [0, 0.1) is 12.4 Å². The number of benzene rings is 1. The van der Waals surface area contributed by atoms with Crippen LogP contribution in [0.4, 0.5) is 13.2 Å². The molecule has 14 heavy (non-hydrogen) atoms. The first kappa shape index (κ1) is 10.8. The molecule has 1 aromatic carbocycles. The van der Waals surface area contributed by atoms with E-state index in [1.807, 2.05) is 0 Å². The van der Waals surface area contributed by atoms with Gasteiger partial charge in [0.05, 0.1) is 0 Å². The summed E-state index contributed by atoms with van der Waals surface area (Å²) in [6, 6.07) is 5.20. The Hall–Kier alpha value is -1.25. The largest absolute Gasteiger partial charge is 0.255 e. The van der Waals surface area contributed by atoms with Crippen LogP contribution in [-0.4, -0.2) is 5.92 Å². The van der Waals surface area contributed by atoms with Crippen molar-refractivity contribution in [3.05, 3.63) is 48.3 Å².